The number of furan rings is 1. The summed E-state index contributed by atoms with van der Waals surface area (Å²) in [5.41, 5.74) is 0.674. The summed E-state index contributed by atoms with van der Waals surface area (Å²) in [4.78, 5) is 16.3. The maximum Gasteiger partial charge on any atom is 0.331 e. The number of carboxylic acids is 1. The maximum absolute atomic E-state index is 11.4. The summed E-state index contributed by atoms with van der Waals surface area (Å²) in [6, 6.07) is 6.29. The van der Waals surface area contributed by atoms with Crippen LogP contribution in [0.15, 0.2) is 46.5 Å². The fourth-order valence-electron chi connectivity index (χ4n) is 1.86. The molecule has 2 N–H and O–H groups in total. The van der Waals surface area contributed by atoms with Gasteiger partial charge in [0.2, 0.25) is 0 Å². The van der Waals surface area contributed by atoms with Crippen molar-refractivity contribution >= 4 is 34.1 Å². The van der Waals surface area contributed by atoms with Crippen molar-refractivity contribution in [1.29, 1.82) is 0 Å². The van der Waals surface area contributed by atoms with Gasteiger partial charge in [-0.25, -0.2) is 9.78 Å². The van der Waals surface area contributed by atoms with Gasteiger partial charge in [-0.15, -0.1) is 11.3 Å². The highest BCUT2D eigenvalue weighted by Gasteiger charge is 2.22. The van der Waals surface area contributed by atoms with E-state index in [1.165, 1.54) is 11.3 Å². The molecule has 0 aliphatic heterocycles. The Bertz CT molecular complexity index is 706. The monoisotopic (exact) mass is 274 g/mol. The van der Waals surface area contributed by atoms with Crippen LogP contribution in [0.25, 0.3) is 11.0 Å². The lowest BCUT2D eigenvalue weighted by Gasteiger charge is -2.13. The summed E-state index contributed by atoms with van der Waals surface area (Å²) in [7, 11) is 0. The van der Waals surface area contributed by atoms with Crippen LogP contribution in [0.5, 0.6) is 0 Å². The van der Waals surface area contributed by atoms with Crippen LogP contribution in [0.3, 0.4) is 0 Å². The Hall–Kier alpha value is -2.34. The molecule has 3 aromatic heterocycles. The fourth-order valence-corrected chi connectivity index (χ4v) is 2.62. The van der Waals surface area contributed by atoms with Gasteiger partial charge in [-0.1, -0.05) is 6.07 Å². The summed E-state index contributed by atoms with van der Waals surface area (Å²) >= 11 is 1.39. The SMILES string of the molecule is O=C(O)C(Nc1nccc2occc12)c1cccs1. The summed E-state index contributed by atoms with van der Waals surface area (Å²) in [5.74, 6) is -0.434. The zero-order valence-corrected chi connectivity index (χ0v) is 10.6. The van der Waals surface area contributed by atoms with Crippen molar-refractivity contribution in [1.82, 2.24) is 4.98 Å². The summed E-state index contributed by atoms with van der Waals surface area (Å²) in [5, 5.41) is 14.9. The minimum atomic E-state index is -0.940. The highest BCUT2D eigenvalue weighted by atomic mass is 32.1. The van der Waals surface area contributed by atoms with E-state index in [0.29, 0.717) is 11.4 Å². The lowest BCUT2D eigenvalue weighted by molar-refractivity contribution is -0.138. The second-order valence-electron chi connectivity index (χ2n) is 3.92. The molecule has 0 fully saturated rings. The van der Waals surface area contributed by atoms with Crippen LogP contribution in [0.2, 0.25) is 0 Å². The molecule has 0 aliphatic carbocycles. The van der Waals surface area contributed by atoms with E-state index in [1.54, 1.807) is 30.7 Å². The molecule has 6 heteroatoms. The molecular formula is C13H10N2O3S. The number of nitrogens with one attached hydrogen (secondary N) is 1. The topological polar surface area (TPSA) is 75.4 Å². The van der Waals surface area contributed by atoms with E-state index in [1.807, 2.05) is 11.4 Å². The van der Waals surface area contributed by atoms with Crippen LogP contribution < -0.4 is 5.32 Å². The highest BCUT2D eigenvalue weighted by Crippen LogP contribution is 2.27. The van der Waals surface area contributed by atoms with Crippen LogP contribution in [0, 0.1) is 0 Å². The lowest BCUT2D eigenvalue weighted by Crippen LogP contribution is -2.20. The van der Waals surface area contributed by atoms with E-state index in [2.05, 4.69) is 10.3 Å². The lowest BCUT2D eigenvalue weighted by atomic mass is 10.2. The predicted octanol–water partition coefficient (Wildman–Crippen LogP) is 3.13. The van der Waals surface area contributed by atoms with Crippen molar-refractivity contribution in [3.05, 3.63) is 47.0 Å². The van der Waals surface area contributed by atoms with E-state index in [9.17, 15) is 9.90 Å². The average Bonchev–Trinajstić information content (AvgIpc) is 3.06. The number of carboxylic acid groups (broad SMARTS) is 1. The van der Waals surface area contributed by atoms with Crippen LogP contribution >= 0.6 is 11.3 Å². The Morgan fingerprint density at radius 1 is 1.42 bits per heavy atom. The number of hydrogen-bond acceptors (Lipinski definition) is 5. The fraction of sp³-hybridized carbons (Fsp3) is 0.0769. The third-order valence-corrected chi connectivity index (χ3v) is 3.67. The molecular weight excluding hydrogens is 264 g/mol. The molecule has 96 valence electrons. The first-order valence-electron chi connectivity index (χ1n) is 5.60. The molecule has 0 spiro atoms. The Morgan fingerprint density at radius 3 is 3.05 bits per heavy atom. The third kappa shape index (κ3) is 2.17. The van der Waals surface area contributed by atoms with Crippen LogP contribution in [-0.2, 0) is 4.79 Å². The van der Waals surface area contributed by atoms with Crippen LogP contribution in [-0.4, -0.2) is 16.1 Å². The van der Waals surface area contributed by atoms with Crippen molar-refractivity contribution in [2.75, 3.05) is 5.32 Å². The first-order chi connectivity index (χ1) is 9.25. The number of nitrogens with zero attached hydrogens (tertiary/aromatic N) is 1. The standard InChI is InChI=1S/C13H10N2O3S/c16-13(17)11(10-2-1-7-19-10)15-12-8-4-6-18-9(8)3-5-14-12/h1-7,11H,(H,14,15)(H,16,17). The van der Waals surface area contributed by atoms with Crippen molar-refractivity contribution in [3.63, 3.8) is 0 Å². The first-order valence-corrected chi connectivity index (χ1v) is 6.48. The molecule has 0 radical (unpaired) electrons. The maximum atomic E-state index is 11.4. The van der Waals surface area contributed by atoms with Crippen molar-refractivity contribution < 1.29 is 14.3 Å². The van der Waals surface area contributed by atoms with Gasteiger partial charge in [0.15, 0.2) is 6.04 Å². The number of pyridine rings is 1. The number of carbonyl (C=O) groups is 1. The number of anilines is 1. The van der Waals surface area contributed by atoms with Gasteiger partial charge < -0.3 is 14.8 Å². The quantitative estimate of drug-likeness (QED) is 0.764. The van der Waals surface area contributed by atoms with Gasteiger partial charge in [-0.2, -0.15) is 0 Å². The van der Waals surface area contributed by atoms with Crippen molar-refractivity contribution in [2.24, 2.45) is 0 Å². The first kappa shape index (κ1) is 11.7. The number of aromatic nitrogens is 1. The number of hydrogen-bond donors (Lipinski definition) is 2. The van der Waals surface area contributed by atoms with E-state index in [0.717, 1.165) is 10.3 Å². The molecule has 1 atom stereocenters. The van der Waals surface area contributed by atoms with E-state index >= 15 is 0 Å². The molecule has 0 amide bonds. The van der Waals surface area contributed by atoms with Crippen molar-refractivity contribution in [3.8, 4) is 0 Å². The molecule has 1 unspecified atom stereocenters. The van der Waals surface area contributed by atoms with Gasteiger partial charge in [-0.3, -0.25) is 0 Å². The normalized spacial score (nSPS) is 12.4. The van der Waals surface area contributed by atoms with Gasteiger partial charge in [0.1, 0.15) is 11.4 Å². The molecule has 19 heavy (non-hydrogen) atoms. The summed E-state index contributed by atoms with van der Waals surface area (Å²) in [6.07, 6.45) is 3.14. The molecule has 0 saturated carbocycles. The molecule has 3 heterocycles. The predicted molar refractivity (Wildman–Crippen MR) is 72.3 cm³/mol. The zero-order valence-electron chi connectivity index (χ0n) is 9.74. The smallest absolute Gasteiger partial charge is 0.331 e. The third-order valence-electron chi connectivity index (χ3n) is 2.74. The largest absolute Gasteiger partial charge is 0.479 e. The molecule has 0 aromatic carbocycles. The van der Waals surface area contributed by atoms with Crippen molar-refractivity contribution in [2.45, 2.75) is 6.04 Å². The van der Waals surface area contributed by atoms with E-state index in [-0.39, 0.29) is 0 Å². The van der Waals surface area contributed by atoms with Gasteiger partial charge in [-0.05, 0) is 23.6 Å². The minimum absolute atomic E-state index is 0.507. The van der Waals surface area contributed by atoms with Gasteiger partial charge in [0.05, 0.1) is 11.6 Å². The second-order valence-corrected chi connectivity index (χ2v) is 4.90. The van der Waals surface area contributed by atoms with Gasteiger partial charge in [0.25, 0.3) is 0 Å². The minimum Gasteiger partial charge on any atom is -0.479 e. The number of rotatable bonds is 4. The molecule has 0 bridgehead atoms. The number of fused-ring (bicyclic) bond motifs is 1. The summed E-state index contributed by atoms with van der Waals surface area (Å²) < 4.78 is 5.27. The highest BCUT2D eigenvalue weighted by molar-refractivity contribution is 7.10. The van der Waals surface area contributed by atoms with Gasteiger partial charge in [0, 0.05) is 11.1 Å². The Labute approximate surface area is 112 Å². The van der Waals surface area contributed by atoms with E-state index < -0.39 is 12.0 Å². The van der Waals surface area contributed by atoms with E-state index in [4.69, 9.17) is 4.42 Å². The Balaban J connectivity index is 1.98. The summed E-state index contributed by atoms with van der Waals surface area (Å²) in [6.45, 7) is 0. The average molecular weight is 274 g/mol. The molecule has 0 aliphatic rings. The van der Waals surface area contributed by atoms with Crippen LogP contribution in [0.1, 0.15) is 10.9 Å². The molecule has 5 nitrogen and oxygen atoms in total. The molecule has 3 rings (SSSR count). The Morgan fingerprint density at radius 2 is 2.32 bits per heavy atom. The molecule has 3 aromatic rings. The Kier molecular flexibility index (Phi) is 2.92. The zero-order chi connectivity index (χ0) is 13.2. The number of aliphatic carboxylic acids is 1. The second kappa shape index (κ2) is 4.74. The van der Waals surface area contributed by atoms with Gasteiger partial charge >= 0.3 is 5.97 Å². The number of thiophene rings is 1. The molecule has 0 saturated heterocycles. The van der Waals surface area contributed by atoms with Crippen LogP contribution in [0.4, 0.5) is 5.82 Å².